The Hall–Kier alpha value is -4.04. The van der Waals surface area contributed by atoms with Crippen molar-refractivity contribution in [1.29, 1.82) is 0 Å². The van der Waals surface area contributed by atoms with Crippen LogP contribution in [0.1, 0.15) is 33.5 Å². The van der Waals surface area contributed by atoms with E-state index in [0.717, 1.165) is 24.8 Å². The number of aryl methyl sites for hydroxylation is 2. The molecule has 0 radical (unpaired) electrons. The normalized spacial score (nSPS) is 12.7. The zero-order valence-corrected chi connectivity index (χ0v) is 20.2. The van der Waals surface area contributed by atoms with Gasteiger partial charge in [0, 0.05) is 10.9 Å². The summed E-state index contributed by atoms with van der Waals surface area (Å²) in [4.78, 5) is 25.9. The van der Waals surface area contributed by atoms with Gasteiger partial charge in [0.1, 0.15) is 0 Å². The van der Waals surface area contributed by atoms with E-state index in [2.05, 4.69) is 21.4 Å². The summed E-state index contributed by atoms with van der Waals surface area (Å²) in [7, 11) is 0. The monoisotopic (exact) mass is 494 g/mol. The lowest BCUT2D eigenvalue weighted by molar-refractivity contribution is 0.102. The Kier molecular flexibility index (Phi) is 5.95. The van der Waals surface area contributed by atoms with Gasteiger partial charge in [-0.05, 0) is 48.1 Å². The summed E-state index contributed by atoms with van der Waals surface area (Å²) in [6, 6.07) is 22.9. The van der Waals surface area contributed by atoms with Gasteiger partial charge in [-0.2, -0.15) is 5.10 Å². The number of aromatic nitrogens is 4. The second-order valence-corrected chi connectivity index (χ2v) is 9.69. The molecule has 0 bridgehead atoms. The minimum atomic E-state index is -0.188. The van der Waals surface area contributed by atoms with Gasteiger partial charge in [-0.1, -0.05) is 72.4 Å². The zero-order valence-electron chi connectivity index (χ0n) is 19.4. The molecule has 0 unspecified atom stereocenters. The smallest absolute Gasteiger partial charge is 0.277 e. The number of carbonyl (C=O) groups is 1. The molecule has 0 spiro atoms. The number of Topliss-reactive ketones (excluding diaryl/α,β-unsaturated/α-hetero) is 1. The molecule has 3 aromatic carbocycles. The molecule has 2 heterocycles. The van der Waals surface area contributed by atoms with Crippen LogP contribution in [0.25, 0.3) is 22.4 Å². The Morgan fingerprint density at radius 3 is 2.56 bits per heavy atom. The van der Waals surface area contributed by atoms with E-state index in [1.165, 1.54) is 27.6 Å². The molecule has 7 nitrogen and oxygen atoms in total. The first-order chi connectivity index (χ1) is 17.7. The van der Waals surface area contributed by atoms with Crippen molar-refractivity contribution in [2.75, 3.05) is 5.75 Å². The summed E-state index contributed by atoms with van der Waals surface area (Å²) in [5.74, 6) is 0.428. The number of benzene rings is 3. The first kappa shape index (κ1) is 22.4. The van der Waals surface area contributed by atoms with Crippen molar-refractivity contribution in [2.24, 2.45) is 0 Å². The molecule has 1 aliphatic rings. The number of hydrogen-bond acceptors (Lipinski definition) is 7. The number of carbonyl (C=O) groups excluding carboxylic acids is 1. The molecule has 0 N–H and O–H groups in total. The minimum absolute atomic E-state index is 0.0226. The van der Waals surface area contributed by atoms with Crippen LogP contribution in [-0.2, 0) is 19.4 Å². The van der Waals surface area contributed by atoms with E-state index in [1.54, 1.807) is 6.07 Å². The SMILES string of the molecule is O=C(CSc1nnc(-c2nn(Cc3ccccc3)c(=O)c3ccccc23)o1)c1ccc2c(c1)CCC2. The molecule has 1 aliphatic carbocycles. The number of nitrogens with zero attached hydrogens (tertiary/aromatic N) is 4. The molecule has 0 fully saturated rings. The molecule has 5 aromatic rings. The van der Waals surface area contributed by atoms with E-state index < -0.39 is 0 Å². The van der Waals surface area contributed by atoms with Crippen LogP contribution in [0.4, 0.5) is 0 Å². The van der Waals surface area contributed by atoms with Crippen LogP contribution in [0.3, 0.4) is 0 Å². The fourth-order valence-electron chi connectivity index (χ4n) is 4.58. The van der Waals surface area contributed by atoms with E-state index in [4.69, 9.17) is 4.42 Å². The van der Waals surface area contributed by atoms with Crippen LogP contribution in [-0.4, -0.2) is 31.5 Å². The number of rotatable bonds is 7. The predicted molar refractivity (Wildman–Crippen MR) is 138 cm³/mol. The average Bonchev–Trinajstić information content (AvgIpc) is 3.59. The molecular weight excluding hydrogens is 472 g/mol. The lowest BCUT2D eigenvalue weighted by atomic mass is 10.0. The highest BCUT2D eigenvalue weighted by Crippen LogP contribution is 2.28. The highest BCUT2D eigenvalue weighted by atomic mass is 32.2. The van der Waals surface area contributed by atoms with E-state index in [0.29, 0.717) is 28.6 Å². The summed E-state index contributed by atoms with van der Waals surface area (Å²) in [5, 5.41) is 14.3. The van der Waals surface area contributed by atoms with Gasteiger partial charge in [-0.25, -0.2) is 4.68 Å². The van der Waals surface area contributed by atoms with Crippen LogP contribution in [0.15, 0.2) is 87.2 Å². The third kappa shape index (κ3) is 4.35. The number of ketones is 1. The Morgan fingerprint density at radius 1 is 0.917 bits per heavy atom. The van der Waals surface area contributed by atoms with Gasteiger partial charge in [0.25, 0.3) is 16.7 Å². The van der Waals surface area contributed by atoms with Gasteiger partial charge in [0.05, 0.1) is 17.7 Å². The summed E-state index contributed by atoms with van der Waals surface area (Å²) in [5.41, 5.74) is 4.53. The summed E-state index contributed by atoms with van der Waals surface area (Å²) in [6.45, 7) is 0.322. The van der Waals surface area contributed by atoms with E-state index in [-0.39, 0.29) is 28.2 Å². The maximum absolute atomic E-state index is 13.1. The van der Waals surface area contributed by atoms with Gasteiger partial charge in [0.15, 0.2) is 11.5 Å². The molecule has 0 atom stereocenters. The highest BCUT2D eigenvalue weighted by molar-refractivity contribution is 7.99. The van der Waals surface area contributed by atoms with Crippen molar-refractivity contribution in [3.8, 4) is 11.6 Å². The van der Waals surface area contributed by atoms with Gasteiger partial charge in [0.2, 0.25) is 0 Å². The summed E-state index contributed by atoms with van der Waals surface area (Å²) in [6.07, 6.45) is 3.27. The van der Waals surface area contributed by atoms with Gasteiger partial charge < -0.3 is 4.42 Å². The maximum atomic E-state index is 13.1. The molecular formula is C28H22N4O3S. The Balaban J connectivity index is 1.26. The van der Waals surface area contributed by atoms with Crippen molar-refractivity contribution in [3.05, 3.63) is 105 Å². The molecule has 0 aliphatic heterocycles. The lowest BCUT2D eigenvalue weighted by Crippen LogP contribution is -2.24. The second-order valence-electron chi connectivity index (χ2n) is 8.76. The number of hydrogen-bond donors (Lipinski definition) is 0. The van der Waals surface area contributed by atoms with Crippen LogP contribution < -0.4 is 5.56 Å². The Morgan fingerprint density at radius 2 is 1.69 bits per heavy atom. The molecule has 6 rings (SSSR count). The first-order valence-corrected chi connectivity index (χ1v) is 12.8. The van der Waals surface area contributed by atoms with Crippen molar-refractivity contribution < 1.29 is 9.21 Å². The van der Waals surface area contributed by atoms with Crippen molar-refractivity contribution in [2.45, 2.75) is 31.0 Å². The third-order valence-electron chi connectivity index (χ3n) is 6.40. The van der Waals surface area contributed by atoms with E-state index in [9.17, 15) is 9.59 Å². The first-order valence-electron chi connectivity index (χ1n) is 11.8. The molecule has 178 valence electrons. The van der Waals surface area contributed by atoms with Crippen molar-refractivity contribution in [1.82, 2.24) is 20.0 Å². The molecule has 8 heteroatoms. The van der Waals surface area contributed by atoms with Crippen LogP contribution >= 0.6 is 11.8 Å². The molecule has 36 heavy (non-hydrogen) atoms. The fourth-order valence-corrected chi connectivity index (χ4v) is 5.23. The number of thioether (sulfide) groups is 1. The van der Waals surface area contributed by atoms with Crippen LogP contribution in [0.5, 0.6) is 0 Å². The maximum Gasteiger partial charge on any atom is 0.277 e. The fraction of sp³-hybridized carbons (Fsp3) is 0.179. The topological polar surface area (TPSA) is 90.9 Å². The van der Waals surface area contributed by atoms with Gasteiger partial charge >= 0.3 is 0 Å². The number of fused-ring (bicyclic) bond motifs is 2. The highest BCUT2D eigenvalue weighted by Gasteiger charge is 2.19. The largest absolute Gasteiger partial charge is 0.409 e. The Labute approximate surface area is 211 Å². The molecule has 2 aromatic heterocycles. The average molecular weight is 495 g/mol. The standard InChI is InChI=1S/C28H22N4O3S/c33-24(21-14-13-19-9-6-10-20(19)15-21)17-36-28-30-29-26(35-28)25-22-11-4-5-12-23(22)27(34)32(31-25)16-18-7-2-1-3-8-18/h1-5,7-8,11-15H,6,9-10,16-17H2. The van der Waals surface area contributed by atoms with Gasteiger partial charge in [-0.3, -0.25) is 9.59 Å². The minimum Gasteiger partial charge on any atom is -0.409 e. The summed E-state index contributed by atoms with van der Waals surface area (Å²) < 4.78 is 7.31. The molecule has 0 saturated heterocycles. The van der Waals surface area contributed by atoms with Crippen LogP contribution in [0, 0.1) is 0 Å². The molecule has 0 saturated carbocycles. The van der Waals surface area contributed by atoms with Gasteiger partial charge in [-0.15, -0.1) is 10.2 Å². The quantitative estimate of drug-likeness (QED) is 0.233. The summed E-state index contributed by atoms with van der Waals surface area (Å²) >= 11 is 1.20. The third-order valence-corrected chi connectivity index (χ3v) is 7.22. The van der Waals surface area contributed by atoms with Crippen LogP contribution in [0.2, 0.25) is 0 Å². The van der Waals surface area contributed by atoms with Crippen molar-refractivity contribution >= 4 is 28.3 Å². The lowest BCUT2D eigenvalue weighted by Gasteiger charge is -2.09. The van der Waals surface area contributed by atoms with Crippen molar-refractivity contribution in [3.63, 3.8) is 0 Å². The predicted octanol–water partition coefficient (Wildman–Crippen LogP) is 4.96. The molecule has 0 amide bonds. The van der Waals surface area contributed by atoms with E-state index >= 15 is 0 Å². The zero-order chi connectivity index (χ0) is 24.5. The van der Waals surface area contributed by atoms with E-state index in [1.807, 2.05) is 60.7 Å². The Bertz CT molecular complexity index is 1640. The second kappa shape index (κ2) is 9.54.